The first-order chi connectivity index (χ1) is 13.7. The lowest BCUT2D eigenvalue weighted by molar-refractivity contribution is -0.154. The van der Waals surface area contributed by atoms with Crippen LogP contribution in [0.5, 0.6) is 5.88 Å². The summed E-state index contributed by atoms with van der Waals surface area (Å²) in [5.41, 5.74) is 1.86. The number of nitrogens with one attached hydrogen (secondary N) is 1. The maximum Gasteiger partial charge on any atom is 0.422 e. The second kappa shape index (κ2) is 8.48. The zero-order chi connectivity index (χ0) is 20.9. The van der Waals surface area contributed by atoms with Crippen LogP contribution in [-0.2, 0) is 16.4 Å². The third kappa shape index (κ3) is 5.92. The molecule has 0 saturated carbocycles. The van der Waals surface area contributed by atoms with Crippen LogP contribution in [0.3, 0.4) is 0 Å². The van der Waals surface area contributed by atoms with Gasteiger partial charge in [-0.2, -0.15) is 13.2 Å². The Kier molecular flexibility index (Phi) is 6.02. The van der Waals surface area contributed by atoms with Gasteiger partial charge in [0.15, 0.2) is 6.61 Å². The van der Waals surface area contributed by atoms with E-state index in [0.717, 1.165) is 24.0 Å². The highest BCUT2D eigenvalue weighted by molar-refractivity contribution is 7.92. The number of aromatic nitrogens is 2. The summed E-state index contributed by atoms with van der Waals surface area (Å²) in [6.45, 7) is -1.51. The van der Waals surface area contributed by atoms with Crippen molar-refractivity contribution in [3.05, 3.63) is 78.2 Å². The van der Waals surface area contributed by atoms with Crippen molar-refractivity contribution in [3.8, 4) is 5.88 Å². The standard InChI is InChI=1S/C19H16F3N3O3S/c20-19(21,22)13-28-18-9-8-16(12-24-18)29(26,27)25-17-7-2-1-5-14(17)11-15-6-3-4-10-23-15/h1-10,12,25H,11,13H2. The Morgan fingerprint density at radius 3 is 2.38 bits per heavy atom. The molecule has 3 rings (SSSR count). The molecule has 0 atom stereocenters. The van der Waals surface area contributed by atoms with Crippen LogP contribution in [0.4, 0.5) is 18.9 Å². The highest BCUT2D eigenvalue weighted by Gasteiger charge is 2.28. The smallest absolute Gasteiger partial charge is 0.422 e. The Balaban J connectivity index is 1.76. The van der Waals surface area contributed by atoms with E-state index < -0.39 is 22.8 Å². The maximum absolute atomic E-state index is 12.6. The van der Waals surface area contributed by atoms with Crippen LogP contribution >= 0.6 is 0 Å². The third-order valence-corrected chi connectivity index (χ3v) is 5.11. The molecule has 10 heteroatoms. The van der Waals surface area contributed by atoms with Crippen LogP contribution in [-0.4, -0.2) is 31.2 Å². The molecule has 0 aliphatic carbocycles. The van der Waals surface area contributed by atoms with E-state index >= 15 is 0 Å². The van der Waals surface area contributed by atoms with Crippen LogP contribution in [0.1, 0.15) is 11.3 Å². The number of nitrogens with zero attached hydrogens (tertiary/aromatic N) is 2. The van der Waals surface area contributed by atoms with E-state index in [1.54, 1.807) is 36.5 Å². The largest absolute Gasteiger partial charge is 0.468 e. The molecule has 1 aromatic carbocycles. The highest BCUT2D eigenvalue weighted by Crippen LogP contribution is 2.23. The van der Waals surface area contributed by atoms with E-state index in [0.29, 0.717) is 17.7 Å². The lowest BCUT2D eigenvalue weighted by Crippen LogP contribution is -2.20. The molecule has 0 bridgehead atoms. The summed E-state index contributed by atoms with van der Waals surface area (Å²) in [4.78, 5) is 7.66. The van der Waals surface area contributed by atoms with E-state index in [1.807, 2.05) is 12.1 Å². The number of pyridine rings is 2. The summed E-state index contributed by atoms with van der Waals surface area (Å²) >= 11 is 0. The number of para-hydroxylation sites is 1. The van der Waals surface area contributed by atoms with Gasteiger partial charge >= 0.3 is 6.18 Å². The fourth-order valence-corrected chi connectivity index (χ4v) is 3.49. The van der Waals surface area contributed by atoms with Gasteiger partial charge in [0.1, 0.15) is 4.90 Å². The fourth-order valence-electron chi connectivity index (χ4n) is 2.44. The molecule has 0 saturated heterocycles. The van der Waals surface area contributed by atoms with Gasteiger partial charge in [0.2, 0.25) is 5.88 Å². The van der Waals surface area contributed by atoms with Crippen molar-refractivity contribution in [2.75, 3.05) is 11.3 Å². The SMILES string of the molecule is O=S(=O)(Nc1ccccc1Cc1ccccn1)c1ccc(OCC(F)(F)F)nc1. The normalized spacial score (nSPS) is 11.8. The number of sulfonamides is 1. The van der Waals surface area contributed by atoms with Crippen molar-refractivity contribution in [3.63, 3.8) is 0 Å². The van der Waals surface area contributed by atoms with E-state index in [1.165, 1.54) is 0 Å². The lowest BCUT2D eigenvalue weighted by Gasteiger charge is -2.13. The molecular weight excluding hydrogens is 407 g/mol. The third-order valence-electron chi connectivity index (χ3n) is 3.76. The number of benzene rings is 1. The zero-order valence-electron chi connectivity index (χ0n) is 14.9. The molecule has 6 nitrogen and oxygen atoms in total. The zero-order valence-corrected chi connectivity index (χ0v) is 15.7. The number of anilines is 1. The molecule has 1 N–H and O–H groups in total. The minimum absolute atomic E-state index is 0.204. The van der Waals surface area contributed by atoms with Crippen molar-refractivity contribution >= 4 is 15.7 Å². The van der Waals surface area contributed by atoms with Gasteiger partial charge in [-0.1, -0.05) is 24.3 Å². The molecular formula is C19H16F3N3O3S. The first kappa shape index (κ1) is 20.6. The van der Waals surface area contributed by atoms with Crippen LogP contribution in [0, 0.1) is 0 Å². The molecule has 29 heavy (non-hydrogen) atoms. The van der Waals surface area contributed by atoms with Gasteiger partial charge in [-0.05, 0) is 29.8 Å². The van der Waals surface area contributed by atoms with Crippen molar-refractivity contribution in [2.45, 2.75) is 17.5 Å². The maximum atomic E-state index is 12.6. The monoisotopic (exact) mass is 423 g/mol. The summed E-state index contributed by atoms with van der Waals surface area (Å²) < 4.78 is 68.8. The number of hydrogen-bond acceptors (Lipinski definition) is 5. The van der Waals surface area contributed by atoms with Crippen molar-refractivity contribution < 1.29 is 26.3 Å². The fraction of sp³-hybridized carbons (Fsp3) is 0.158. The quantitative estimate of drug-likeness (QED) is 0.625. The van der Waals surface area contributed by atoms with Gasteiger partial charge in [0, 0.05) is 24.4 Å². The minimum Gasteiger partial charge on any atom is -0.468 e. The van der Waals surface area contributed by atoms with Crippen molar-refractivity contribution in [1.82, 2.24) is 9.97 Å². The van der Waals surface area contributed by atoms with Gasteiger partial charge in [-0.3, -0.25) is 9.71 Å². The summed E-state index contributed by atoms with van der Waals surface area (Å²) in [6.07, 6.45) is -1.50. The second-order valence-corrected chi connectivity index (χ2v) is 7.68. The summed E-state index contributed by atoms with van der Waals surface area (Å²) in [5, 5.41) is 0. The second-order valence-electron chi connectivity index (χ2n) is 6.00. The molecule has 0 aliphatic heterocycles. The van der Waals surface area contributed by atoms with Crippen molar-refractivity contribution in [2.24, 2.45) is 0 Å². The van der Waals surface area contributed by atoms with E-state index in [2.05, 4.69) is 19.4 Å². The average molecular weight is 423 g/mol. The molecule has 0 unspecified atom stereocenters. The topological polar surface area (TPSA) is 81.2 Å². The Labute approximate surface area is 165 Å². The van der Waals surface area contributed by atoms with Gasteiger partial charge in [0.05, 0.1) is 11.9 Å². The molecule has 2 heterocycles. The molecule has 2 aromatic heterocycles. The predicted molar refractivity (Wildman–Crippen MR) is 100 cm³/mol. The summed E-state index contributed by atoms with van der Waals surface area (Å²) in [6, 6.07) is 14.5. The van der Waals surface area contributed by atoms with Gasteiger partial charge in [-0.25, -0.2) is 13.4 Å². The van der Waals surface area contributed by atoms with E-state index in [9.17, 15) is 21.6 Å². The molecule has 152 valence electrons. The number of halogens is 3. The van der Waals surface area contributed by atoms with Gasteiger partial charge in [-0.15, -0.1) is 0 Å². The van der Waals surface area contributed by atoms with Crippen LogP contribution in [0.15, 0.2) is 71.9 Å². The first-order valence-electron chi connectivity index (χ1n) is 8.39. The van der Waals surface area contributed by atoms with E-state index in [-0.39, 0.29) is 10.8 Å². The Morgan fingerprint density at radius 2 is 1.72 bits per heavy atom. The molecule has 3 aromatic rings. The summed E-state index contributed by atoms with van der Waals surface area (Å²) in [5.74, 6) is -0.322. The predicted octanol–water partition coefficient (Wildman–Crippen LogP) is 3.81. The average Bonchev–Trinajstić information content (AvgIpc) is 2.68. The first-order valence-corrected chi connectivity index (χ1v) is 9.87. The van der Waals surface area contributed by atoms with Crippen LogP contribution < -0.4 is 9.46 Å². The Hall–Kier alpha value is -3.14. The Bertz CT molecular complexity index is 1060. The van der Waals surface area contributed by atoms with Crippen LogP contribution in [0.2, 0.25) is 0 Å². The van der Waals surface area contributed by atoms with Crippen molar-refractivity contribution in [1.29, 1.82) is 0 Å². The molecule has 0 spiro atoms. The molecule has 0 aliphatic rings. The van der Waals surface area contributed by atoms with Crippen LogP contribution in [0.25, 0.3) is 0 Å². The number of alkyl halides is 3. The van der Waals surface area contributed by atoms with Gasteiger partial charge < -0.3 is 4.74 Å². The number of hydrogen-bond donors (Lipinski definition) is 1. The lowest BCUT2D eigenvalue weighted by atomic mass is 10.1. The van der Waals surface area contributed by atoms with Gasteiger partial charge in [0.25, 0.3) is 10.0 Å². The molecule has 0 radical (unpaired) electrons. The molecule has 0 fully saturated rings. The summed E-state index contributed by atoms with van der Waals surface area (Å²) in [7, 11) is -4.00. The minimum atomic E-state index is -4.51. The molecule has 0 amide bonds. The number of rotatable bonds is 7. The Morgan fingerprint density at radius 1 is 0.966 bits per heavy atom. The van der Waals surface area contributed by atoms with E-state index in [4.69, 9.17) is 0 Å². The number of ether oxygens (including phenoxy) is 1. The highest BCUT2D eigenvalue weighted by atomic mass is 32.2.